The van der Waals surface area contributed by atoms with E-state index in [9.17, 15) is 13.2 Å². The van der Waals surface area contributed by atoms with Gasteiger partial charge in [0.25, 0.3) is 0 Å². The van der Waals surface area contributed by atoms with Gasteiger partial charge in [-0.05, 0) is 69.5 Å². The van der Waals surface area contributed by atoms with Gasteiger partial charge in [-0.3, -0.25) is 9.69 Å². The van der Waals surface area contributed by atoms with Gasteiger partial charge in [0.2, 0.25) is 15.9 Å². The van der Waals surface area contributed by atoms with E-state index in [1.54, 1.807) is 30.0 Å². The standard InChI is InChI=1S/C18H27N3O3S/c1-14(20-9-3-4-10-20)13-19-25(23,24)17-7-8-18-16(12-17)6-5-11-21(18)15(2)22/h7-8,12,14,19H,3-6,9-11,13H2,1-2H3. The third kappa shape index (κ3) is 4.04. The lowest BCUT2D eigenvalue weighted by Crippen LogP contribution is -2.40. The molecule has 1 unspecified atom stereocenters. The van der Waals surface area contributed by atoms with Crippen molar-refractivity contribution in [3.8, 4) is 0 Å². The first kappa shape index (κ1) is 18.4. The number of rotatable bonds is 5. The SMILES string of the molecule is CC(=O)N1CCCc2cc(S(=O)(=O)NCC(C)N3CCCC3)ccc21. The molecule has 7 heteroatoms. The average Bonchev–Trinajstić information content (AvgIpc) is 3.13. The number of carbonyl (C=O) groups is 1. The van der Waals surface area contributed by atoms with Crippen LogP contribution in [-0.2, 0) is 21.2 Å². The molecule has 2 aliphatic heterocycles. The Hall–Kier alpha value is -1.44. The normalized spacial score (nSPS) is 19.7. The van der Waals surface area contributed by atoms with Crippen LogP contribution in [0.2, 0.25) is 0 Å². The summed E-state index contributed by atoms with van der Waals surface area (Å²) in [4.78, 5) is 16.1. The van der Waals surface area contributed by atoms with Crippen LogP contribution >= 0.6 is 0 Å². The second-order valence-corrected chi connectivity index (χ2v) is 8.78. The van der Waals surface area contributed by atoms with E-state index in [-0.39, 0.29) is 16.8 Å². The van der Waals surface area contributed by atoms with Gasteiger partial charge in [-0.15, -0.1) is 0 Å². The fourth-order valence-corrected chi connectivity index (χ4v) is 4.86. The predicted molar refractivity (Wildman–Crippen MR) is 98.2 cm³/mol. The van der Waals surface area contributed by atoms with Crippen molar-refractivity contribution in [1.29, 1.82) is 0 Å². The second kappa shape index (κ2) is 7.43. The molecule has 0 saturated carbocycles. The van der Waals surface area contributed by atoms with Gasteiger partial charge in [-0.1, -0.05) is 0 Å². The number of hydrogen-bond donors (Lipinski definition) is 1. The van der Waals surface area contributed by atoms with Gasteiger partial charge in [0.1, 0.15) is 0 Å². The van der Waals surface area contributed by atoms with Crippen LogP contribution in [0.5, 0.6) is 0 Å². The van der Waals surface area contributed by atoms with Crippen molar-refractivity contribution in [1.82, 2.24) is 9.62 Å². The van der Waals surface area contributed by atoms with Crippen LogP contribution in [0.1, 0.15) is 38.7 Å². The number of nitrogens with one attached hydrogen (secondary N) is 1. The van der Waals surface area contributed by atoms with Crippen LogP contribution in [-0.4, -0.2) is 51.4 Å². The molecule has 0 radical (unpaired) electrons. The summed E-state index contributed by atoms with van der Waals surface area (Å²) in [6, 6.07) is 5.27. The van der Waals surface area contributed by atoms with Crippen LogP contribution in [0, 0.1) is 0 Å². The summed E-state index contributed by atoms with van der Waals surface area (Å²) in [7, 11) is -3.54. The van der Waals surface area contributed by atoms with Gasteiger partial charge in [0.15, 0.2) is 0 Å². The smallest absolute Gasteiger partial charge is 0.240 e. The van der Waals surface area contributed by atoms with Crippen molar-refractivity contribution in [2.24, 2.45) is 0 Å². The van der Waals surface area contributed by atoms with E-state index in [4.69, 9.17) is 0 Å². The number of sulfonamides is 1. The minimum atomic E-state index is -3.54. The summed E-state index contributed by atoms with van der Waals surface area (Å²) < 4.78 is 28.0. The highest BCUT2D eigenvalue weighted by Gasteiger charge is 2.24. The zero-order valence-corrected chi connectivity index (χ0v) is 15.8. The molecule has 0 aliphatic carbocycles. The molecular weight excluding hydrogens is 338 g/mol. The van der Waals surface area contributed by atoms with Crippen molar-refractivity contribution in [3.63, 3.8) is 0 Å². The van der Waals surface area contributed by atoms with Crippen LogP contribution in [0.4, 0.5) is 5.69 Å². The maximum absolute atomic E-state index is 12.6. The number of aryl methyl sites for hydroxylation is 1. The molecule has 1 saturated heterocycles. The van der Waals surface area contributed by atoms with Crippen LogP contribution in [0.3, 0.4) is 0 Å². The highest BCUT2D eigenvalue weighted by atomic mass is 32.2. The Bertz CT molecular complexity index is 742. The van der Waals surface area contributed by atoms with Gasteiger partial charge in [0.05, 0.1) is 4.90 Å². The minimum absolute atomic E-state index is 0.00544. The molecule has 2 heterocycles. The van der Waals surface area contributed by atoms with Gasteiger partial charge >= 0.3 is 0 Å². The number of carbonyl (C=O) groups excluding carboxylic acids is 1. The zero-order chi connectivity index (χ0) is 18.0. The Morgan fingerprint density at radius 2 is 1.92 bits per heavy atom. The first-order chi connectivity index (χ1) is 11.9. The summed E-state index contributed by atoms with van der Waals surface area (Å²) in [5.41, 5.74) is 1.76. The summed E-state index contributed by atoms with van der Waals surface area (Å²) in [6.07, 6.45) is 4.03. The molecule has 1 fully saturated rings. The third-order valence-electron chi connectivity index (χ3n) is 5.19. The lowest BCUT2D eigenvalue weighted by atomic mass is 10.0. The Kier molecular flexibility index (Phi) is 5.46. The number of benzene rings is 1. The van der Waals surface area contributed by atoms with Crippen molar-refractivity contribution in [2.75, 3.05) is 31.1 Å². The number of fused-ring (bicyclic) bond motifs is 1. The van der Waals surface area contributed by atoms with Crippen LogP contribution in [0.15, 0.2) is 23.1 Å². The van der Waals surface area contributed by atoms with E-state index in [2.05, 4.69) is 16.5 Å². The van der Waals surface area contributed by atoms with Crippen molar-refractivity contribution >= 4 is 21.6 Å². The molecule has 1 aromatic rings. The molecule has 2 aliphatic rings. The summed E-state index contributed by atoms with van der Waals surface area (Å²) in [5, 5.41) is 0. The highest BCUT2D eigenvalue weighted by molar-refractivity contribution is 7.89. The van der Waals surface area contributed by atoms with Crippen molar-refractivity contribution in [3.05, 3.63) is 23.8 Å². The van der Waals surface area contributed by atoms with Gasteiger partial charge in [-0.25, -0.2) is 13.1 Å². The van der Waals surface area contributed by atoms with E-state index in [0.717, 1.165) is 37.2 Å². The number of nitrogens with zero attached hydrogens (tertiary/aromatic N) is 2. The van der Waals surface area contributed by atoms with Crippen molar-refractivity contribution < 1.29 is 13.2 Å². The lowest BCUT2D eigenvalue weighted by Gasteiger charge is -2.29. The minimum Gasteiger partial charge on any atom is -0.312 e. The molecular formula is C18H27N3O3S. The largest absolute Gasteiger partial charge is 0.312 e. The van der Waals surface area contributed by atoms with Gasteiger partial charge in [-0.2, -0.15) is 0 Å². The fourth-order valence-electron chi connectivity index (χ4n) is 3.69. The lowest BCUT2D eigenvalue weighted by molar-refractivity contribution is -0.116. The average molecular weight is 365 g/mol. The monoisotopic (exact) mass is 365 g/mol. The van der Waals surface area contributed by atoms with Crippen molar-refractivity contribution in [2.45, 2.75) is 50.5 Å². The van der Waals surface area contributed by atoms with E-state index < -0.39 is 10.0 Å². The molecule has 1 aromatic carbocycles. The van der Waals surface area contributed by atoms with Gasteiger partial charge in [0, 0.05) is 31.7 Å². The number of hydrogen-bond acceptors (Lipinski definition) is 4. The molecule has 138 valence electrons. The zero-order valence-electron chi connectivity index (χ0n) is 15.0. The summed E-state index contributed by atoms with van der Waals surface area (Å²) in [6.45, 7) is 6.80. The molecule has 25 heavy (non-hydrogen) atoms. The highest BCUT2D eigenvalue weighted by Crippen LogP contribution is 2.29. The quantitative estimate of drug-likeness (QED) is 0.863. The van der Waals surface area contributed by atoms with E-state index >= 15 is 0 Å². The van der Waals surface area contributed by atoms with E-state index in [1.165, 1.54) is 12.8 Å². The Morgan fingerprint density at radius 3 is 2.60 bits per heavy atom. The number of likely N-dealkylation sites (tertiary alicyclic amines) is 1. The fraction of sp³-hybridized carbons (Fsp3) is 0.611. The Morgan fingerprint density at radius 1 is 1.20 bits per heavy atom. The third-order valence-corrected chi connectivity index (χ3v) is 6.61. The molecule has 1 N–H and O–H groups in total. The first-order valence-electron chi connectivity index (χ1n) is 9.03. The van der Waals surface area contributed by atoms with E-state index in [1.807, 2.05) is 0 Å². The topological polar surface area (TPSA) is 69.7 Å². The first-order valence-corrected chi connectivity index (χ1v) is 10.5. The molecule has 1 amide bonds. The molecule has 0 spiro atoms. The summed E-state index contributed by atoms with van der Waals surface area (Å²) in [5.74, 6) is -0.00544. The molecule has 1 atom stereocenters. The maximum atomic E-state index is 12.6. The molecule has 0 bridgehead atoms. The molecule has 6 nitrogen and oxygen atoms in total. The number of anilines is 1. The Balaban J connectivity index is 1.73. The van der Waals surface area contributed by atoms with Crippen LogP contribution in [0.25, 0.3) is 0 Å². The maximum Gasteiger partial charge on any atom is 0.240 e. The second-order valence-electron chi connectivity index (χ2n) is 7.01. The number of amides is 1. The van der Waals surface area contributed by atoms with Crippen LogP contribution < -0.4 is 9.62 Å². The molecule has 3 rings (SSSR count). The molecule has 0 aromatic heterocycles. The predicted octanol–water partition coefficient (Wildman–Crippen LogP) is 1.75. The van der Waals surface area contributed by atoms with E-state index in [0.29, 0.717) is 13.1 Å². The summed E-state index contributed by atoms with van der Waals surface area (Å²) >= 11 is 0. The van der Waals surface area contributed by atoms with Gasteiger partial charge < -0.3 is 4.90 Å². The Labute approximate surface area is 150 Å².